The van der Waals surface area contributed by atoms with Gasteiger partial charge in [-0.1, -0.05) is 0 Å². The van der Waals surface area contributed by atoms with E-state index in [1.807, 2.05) is 0 Å². The van der Waals surface area contributed by atoms with Gasteiger partial charge in [0.1, 0.15) is 11.5 Å². The number of imidazole rings is 1. The van der Waals surface area contributed by atoms with Crippen LogP contribution in [0.1, 0.15) is 0 Å². The number of hydrogen-bond donors (Lipinski definition) is 2. The van der Waals surface area contributed by atoms with Gasteiger partial charge in [-0.25, -0.2) is 9.97 Å². The molecule has 0 aromatic carbocycles. The van der Waals surface area contributed by atoms with Crippen molar-refractivity contribution in [2.75, 3.05) is 0 Å². The fraction of sp³-hybridized carbons (Fsp3) is 0. The molecule has 0 bridgehead atoms. The smallest absolute Gasteiger partial charge is 0.201 e. The number of H-pyrrole nitrogens is 2. The van der Waals surface area contributed by atoms with Crippen LogP contribution < -0.4 is 5.43 Å². The molecular weight excluding hydrogens is 204 g/mol. The van der Waals surface area contributed by atoms with Crippen LogP contribution in [0.3, 0.4) is 0 Å². The molecular formula is C11H8N4O. The molecule has 0 amide bonds. The van der Waals surface area contributed by atoms with Gasteiger partial charge >= 0.3 is 0 Å². The first-order valence-corrected chi connectivity index (χ1v) is 4.82. The average Bonchev–Trinajstić information content (AvgIpc) is 2.83. The minimum Gasteiger partial charge on any atom is -0.345 e. The van der Waals surface area contributed by atoms with Gasteiger partial charge < -0.3 is 9.97 Å². The Hall–Kier alpha value is -2.43. The Balaban J connectivity index is 2.37. The molecule has 0 atom stereocenters. The number of pyridine rings is 2. The Morgan fingerprint density at radius 3 is 2.88 bits per heavy atom. The Morgan fingerprint density at radius 2 is 2.06 bits per heavy atom. The number of hydrogen-bond acceptors (Lipinski definition) is 3. The van der Waals surface area contributed by atoms with Crippen molar-refractivity contribution >= 4 is 11.0 Å². The van der Waals surface area contributed by atoms with Crippen LogP contribution in [0.5, 0.6) is 0 Å². The van der Waals surface area contributed by atoms with Crippen LogP contribution in [0.15, 0.2) is 41.7 Å². The quantitative estimate of drug-likeness (QED) is 0.638. The number of aromatic amines is 2. The van der Waals surface area contributed by atoms with Gasteiger partial charge in [-0.05, 0) is 12.1 Å². The maximum atomic E-state index is 12.1. The highest BCUT2D eigenvalue weighted by molar-refractivity contribution is 5.78. The van der Waals surface area contributed by atoms with Gasteiger partial charge in [-0.2, -0.15) is 0 Å². The first kappa shape index (κ1) is 8.84. The average molecular weight is 212 g/mol. The molecule has 16 heavy (non-hydrogen) atoms. The van der Waals surface area contributed by atoms with Gasteiger partial charge in [0.2, 0.25) is 5.43 Å². The number of fused-ring (bicyclic) bond motifs is 1. The lowest BCUT2D eigenvalue weighted by Gasteiger charge is -1.99. The summed E-state index contributed by atoms with van der Waals surface area (Å²) in [5, 5.41) is 0.566. The van der Waals surface area contributed by atoms with Crippen molar-refractivity contribution in [3.8, 4) is 11.4 Å². The summed E-state index contributed by atoms with van der Waals surface area (Å²) >= 11 is 0. The molecule has 3 heterocycles. The molecule has 0 aliphatic rings. The van der Waals surface area contributed by atoms with Crippen LogP contribution in [0.2, 0.25) is 0 Å². The molecule has 0 spiro atoms. The topological polar surface area (TPSA) is 74.4 Å². The van der Waals surface area contributed by atoms with Gasteiger partial charge in [0.15, 0.2) is 0 Å². The predicted molar refractivity (Wildman–Crippen MR) is 59.9 cm³/mol. The number of nitrogens with zero attached hydrogens (tertiary/aromatic N) is 2. The van der Waals surface area contributed by atoms with E-state index in [1.165, 1.54) is 0 Å². The van der Waals surface area contributed by atoms with E-state index >= 15 is 0 Å². The minimum absolute atomic E-state index is 0.0724. The predicted octanol–water partition coefficient (Wildman–Crippen LogP) is 1.31. The highest BCUT2D eigenvalue weighted by Crippen LogP contribution is 2.11. The van der Waals surface area contributed by atoms with Crippen molar-refractivity contribution < 1.29 is 0 Å². The summed E-state index contributed by atoms with van der Waals surface area (Å²) in [6, 6.07) is 3.48. The van der Waals surface area contributed by atoms with Gasteiger partial charge in [0.05, 0.1) is 10.9 Å². The molecule has 0 fully saturated rings. The van der Waals surface area contributed by atoms with Crippen molar-refractivity contribution in [3.05, 3.63) is 47.1 Å². The Bertz CT molecular complexity index is 685. The van der Waals surface area contributed by atoms with E-state index in [0.29, 0.717) is 22.4 Å². The van der Waals surface area contributed by atoms with Gasteiger partial charge in [-0.15, -0.1) is 0 Å². The van der Waals surface area contributed by atoms with Crippen LogP contribution >= 0.6 is 0 Å². The van der Waals surface area contributed by atoms with Gasteiger partial charge in [0.25, 0.3) is 0 Å². The monoisotopic (exact) mass is 212 g/mol. The summed E-state index contributed by atoms with van der Waals surface area (Å²) in [7, 11) is 0. The SMILES string of the molecule is O=c1c(-c2ncc[nH]2)c[nH]c2ncccc12. The first-order valence-electron chi connectivity index (χ1n) is 4.82. The zero-order valence-corrected chi connectivity index (χ0v) is 8.27. The van der Waals surface area contributed by atoms with Crippen molar-refractivity contribution in [2.24, 2.45) is 0 Å². The Labute approximate surface area is 90.2 Å². The van der Waals surface area contributed by atoms with E-state index < -0.39 is 0 Å². The molecule has 0 saturated carbocycles. The van der Waals surface area contributed by atoms with Crippen molar-refractivity contribution in [1.82, 2.24) is 19.9 Å². The van der Waals surface area contributed by atoms with Crippen LogP contribution in [0.25, 0.3) is 22.4 Å². The molecule has 3 aromatic rings. The summed E-state index contributed by atoms with van der Waals surface area (Å²) in [6.07, 6.45) is 6.56. The molecule has 0 radical (unpaired) electrons. The van der Waals surface area contributed by atoms with Crippen LogP contribution in [0, 0.1) is 0 Å². The third-order valence-corrected chi connectivity index (χ3v) is 2.40. The third kappa shape index (κ3) is 1.22. The second kappa shape index (κ2) is 3.30. The van der Waals surface area contributed by atoms with E-state index in [-0.39, 0.29) is 5.43 Å². The molecule has 0 unspecified atom stereocenters. The van der Waals surface area contributed by atoms with Crippen LogP contribution in [-0.2, 0) is 0 Å². The molecule has 3 rings (SSSR count). The third-order valence-electron chi connectivity index (χ3n) is 2.40. The molecule has 0 saturated heterocycles. The standard InChI is InChI=1S/C11H8N4O/c16-9-7-2-1-3-12-10(7)15-6-8(9)11-13-4-5-14-11/h1-6H,(H,13,14)(H,12,15,16). The number of aromatic nitrogens is 4. The molecule has 78 valence electrons. The van der Waals surface area contributed by atoms with Crippen molar-refractivity contribution in [3.63, 3.8) is 0 Å². The Kier molecular flexibility index (Phi) is 1.83. The minimum atomic E-state index is -0.0724. The summed E-state index contributed by atoms with van der Waals surface area (Å²) < 4.78 is 0. The molecule has 5 heteroatoms. The summed E-state index contributed by atoms with van der Waals surface area (Å²) in [5.41, 5.74) is 1.03. The molecule has 5 nitrogen and oxygen atoms in total. The molecule has 0 aliphatic carbocycles. The second-order valence-electron chi connectivity index (χ2n) is 3.37. The van der Waals surface area contributed by atoms with Crippen LogP contribution in [-0.4, -0.2) is 19.9 Å². The maximum Gasteiger partial charge on any atom is 0.201 e. The molecule has 0 aliphatic heterocycles. The van der Waals surface area contributed by atoms with Gasteiger partial charge in [0, 0.05) is 24.8 Å². The fourth-order valence-electron chi connectivity index (χ4n) is 1.64. The van der Waals surface area contributed by atoms with Gasteiger partial charge in [-0.3, -0.25) is 4.79 Å². The normalized spacial score (nSPS) is 10.8. The zero-order valence-electron chi connectivity index (χ0n) is 8.27. The van der Waals surface area contributed by atoms with Crippen LogP contribution in [0.4, 0.5) is 0 Å². The summed E-state index contributed by atoms with van der Waals surface area (Å²) in [4.78, 5) is 26.1. The lowest BCUT2D eigenvalue weighted by Crippen LogP contribution is -2.07. The highest BCUT2D eigenvalue weighted by atomic mass is 16.1. The first-order chi connectivity index (χ1) is 7.86. The zero-order chi connectivity index (χ0) is 11.0. The van der Waals surface area contributed by atoms with E-state index in [2.05, 4.69) is 19.9 Å². The van der Waals surface area contributed by atoms with Crippen molar-refractivity contribution in [1.29, 1.82) is 0 Å². The lowest BCUT2D eigenvalue weighted by atomic mass is 10.2. The fourth-order valence-corrected chi connectivity index (χ4v) is 1.64. The lowest BCUT2D eigenvalue weighted by molar-refractivity contribution is 1.24. The van der Waals surface area contributed by atoms with E-state index in [1.54, 1.807) is 36.9 Å². The van der Waals surface area contributed by atoms with Crippen molar-refractivity contribution in [2.45, 2.75) is 0 Å². The second-order valence-corrected chi connectivity index (χ2v) is 3.37. The number of rotatable bonds is 1. The summed E-state index contributed by atoms with van der Waals surface area (Å²) in [5.74, 6) is 0.562. The molecule has 3 aromatic heterocycles. The van der Waals surface area contributed by atoms with E-state index in [4.69, 9.17) is 0 Å². The largest absolute Gasteiger partial charge is 0.345 e. The maximum absolute atomic E-state index is 12.1. The summed E-state index contributed by atoms with van der Waals surface area (Å²) in [6.45, 7) is 0. The highest BCUT2D eigenvalue weighted by Gasteiger charge is 2.08. The van der Waals surface area contributed by atoms with E-state index in [9.17, 15) is 4.79 Å². The van der Waals surface area contributed by atoms with E-state index in [0.717, 1.165) is 0 Å². The number of nitrogens with one attached hydrogen (secondary N) is 2. The Morgan fingerprint density at radius 1 is 1.12 bits per heavy atom. The molecule has 2 N–H and O–H groups in total.